The highest BCUT2D eigenvalue weighted by molar-refractivity contribution is 8.01. The SMILES string of the molecule is CC(SCC(=O)NC(=O)c1ccc[nH]1)C(=O)O. The molecule has 1 unspecified atom stereocenters. The van der Waals surface area contributed by atoms with E-state index < -0.39 is 23.0 Å². The fourth-order valence-corrected chi connectivity index (χ4v) is 1.59. The first-order valence-corrected chi connectivity index (χ1v) is 5.87. The molecule has 0 bridgehead atoms. The number of aromatic nitrogens is 1. The largest absolute Gasteiger partial charge is 0.480 e. The number of thioether (sulfide) groups is 1. The molecule has 2 amide bonds. The molecule has 0 saturated heterocycles. The molecule has 0 aliphatic carbocycles. The van der Waals surface area contributed by atoms with Crippen LogP contribution in [-0.4, -0.2) is 38.9 Å². The van der Waals surface area contributed by atoms with E-state index in [0.717, 1.165) is 11.8 Å². The zero-order valence-corrected chi connectivity index (χ0v) is 9.91. The van der Waals surface area contributed by atoms with Gasteiger partial charge in [0, 0.05) is 6.20 Å². The molecular formula is C10H12N2O4S. The minimum atomic E-state index is -0.988. The van der Waals surface area contributed by atoms with Crippen molar-refractivity contribution < 1.29 is 19.5 Å². The number of nitrogens with one attached hydrogen (secondary N) is 2. The van der Waals surface area contributed by atoms with Crippen molar-refractivity contribution in [1.82, 2.24) is 10.3 Å². The lowest BCUT2D eigenvalue weighted by molar-refractivity contribution is -0.136. The van der Waals surface area contributed by atoms with E-state index in [4.69, 9.17) is 5.11 Å². The molecule has 0 aliphatic rings. The molecule has 0 aliphatic heterocycles. The summed E-state index contributed by atoms with van der Waals surface area (Å²) in [5.41, 5.74) is 0.287. The Bertz CT molecular complexity index is 416. The monoisotopic (exact) mass is 256 g/mol. The Hall–Kier alpha value is -1.76. The number of aromatic amines is 1. The molecular weight excluding hydrogens is 244 g/mol. The zero-order valence-electron chi connectivity index (χ0n) is 9.10. The van der Waals surface area contributed by atoms with Crippen molar-refractivity contribution in [3.63, 3.8) is 0 Å². The van der Waals surface area contributed by atoms with Gasteiger partial charge in [0.15, 0.2) is 0 Å². The smallest absolute Gasteiger partial charge is 0.316 e. The second kappa shape index (κ2) is 6.09. The van der Waals surface area contributed by atoms with Gasteiger partial charge in [-0.3, -0.25) is 19.7 Å². The molecule has 0 aromatic carbocycles. The maximum absolute atomic E-state index is 11.4. The minimum Gasteiger partial charge on any atom is -0.480 e. The number of rotatable bonds is 5. The zero-order chi connectivity index (χ0) is 12.8. The van der Waals surface area contributed by atoms with Crippen molar-refractivity contribution in [3.8, 4) is 0 Å². The van der Waals surface area contributed by atoms with Crippen LogP contribution in [0.4, 0.5) is 0 Å². The summed E-state index contributed by atoms with van der Waals surface area (Å²) in [6.45, 7) is 1.48. The Kier molecular flexibility index (Phi) is 4.77. The standard InChI is InChI=1S/C10H12N2O4S/c1-6(10(15)16)17-5-8(13)12-9(14)7-3-2-4-11-7/h2-4,6,11H,5H2,1H3,(H,15,16)(H,12,13,14). The number of amides is 2. The number of carboxylic acid groups (broad SMARTS) is 1. The van der Waals surface area contributed by atoms with Gasteiger partial charge >= 0.3 is 5.97 Å². The van der Waals surface area contributed by atoms with Crippen LogP contribution in [0.2, 0.25) is 0 Å². The van der Waals surface area contributed by atoms with E-state index in [1.54, 1.807) is 12.3 Å². The molecule has 0 fully saturated rings. The molecule has 1 heterocycles. The number of aliphatic carboxylic acids is 1. The molecule has 92 valence electrons. The minimum absolute atomic E-state index is 0.0695. The highest BCUT2D eigenvalue weighted by Crippen LogP contribution is 2.09. The van der Waals surface area contributed by atoms with E-state index in [-0.39, 0.29) is 11.4 Å². The van der Waals surface area contributed by atoms with Gasteiger partial charge in [0.25, 0.3) is 5.91 Å². The van der Waals surface area contributed by atoms with Gasteiger partial charge in [0.1, 0.15) is 5.69 Å². The first-order valence-electron chi connectivity index (χ1n) is 4.82. The predicted molar refractivity (Wildman–Crippen MR) is 62.8 cm³/mol. The van der Waals surface area contributed by atoms with Crippen LogP contribution in [0, 0.1) is 0 Å². The van der Waals surface area contributed by atoms with Gasteiger partial charge in [-0.1, -0.05) is 0 Å². The van der Waals surface area contributed by atoms with Crippen molar-refractivity contribution in [3.05, 3.63) is 24.0 Å². The fourth-order valence-electron chi connectivity index (χ4n) is 0.974. The van der Waals surface area contributed by atoms with Gasteiger partial charge < -0.3 is 10.1 Å². The highest BCUT2D eigenvalue weighted by atomic mass is 32.2. The van der Waals surface area contributed by atoms with Crippen LogP contribution in [0.15, 0.2) is 18.3 Å². The molecule has 0 spiro atoms. The third kappa shape index (κ3) is 4.31. The summed E-state index contributed by atoms with van der Waals surface area (Å²) >= 11 is 0.958. The molecule has 1 atom stereocenters. The summed E-state index contributed by atoms with van der Waals surface area (Å²) in [6, 6.07) is 3.18. The van der Waals surface area contributed by atoms with Gasteiger partial charge in [-0.15, -0.1) is 11.8 Å². The second-order valence-electron chi connectivity index (χ2n) is 3.25. The van der Waals surface area contributed by atoms with Crippen molar-refractivity contribution in [1.29, 1.82) is 0 Å². The van der Waals surface area contributed by atoms with Crippen molar-refractivity contribution >= 4 is 29.5 Å². The third-order valence-corrected chi connectivity index (χ3v) is 3.04. The summed E-state index contributed by atoms with van der Waals surface area (Å²) in [5.74, 6) is -2.09. The number of hydrogen-bond donors (Lipinski definition) is 3. The Labute approximate surface area is 102 Å². The lowest BCUT2D eigenvalue weighted by Crippen LogP contribution is -2.32. The molecule has 0 radical (unpaired) electrons. The summed E-state index contributed by atoms with van der Waals surface area (Å²) in [5, 5.41) is 10.1. The number of hydrogen-bond acceptors (Lipinski definition) is 4. The normalized spacial score (nSPS) is 11.8. The van der Waals surface area contributed by atoms with E-state index in [2.05, 4.69) is 10.3 Å². The summed E-state index contributed by atoms with van der Waals surface area (Å²) in [7, 11) is 0. The highest BCUT2D eigenvalue weighted by Gasteiger charge is 2.15. The molecule has 17 heavy (non-hydrogen) atoms. The average Bonchev–Trinajstić information content (AvgIpc) is 2.78. The molecule has 3 N–H and O–H groups in total. The number of carboxylic acids is 1. The van der Waals surface area contributed by atoms with Crippen LogP contribution in [-0.2, 0) is 9.59 Å². The van der Waals surface area contributed by atoms with Gasteiger partial charge in [-0.05, 0) is 19.1 Å². The van der Waals surface area contributed by atoms with Gasteiger partial charge in [0.05, 0.1) is 11.0 Å². The van der Waals surface area contributed by atoms with Gasteiger partial charge in [-0.2, -0.15) is 0 Å². The summed E-state index contributed by atoms with van der Waals surface area (Å²) in [6.07, 6.45) is 1.57. The van der Waals surface area contributed by atoms with E-state index in [0.29, 0.717) is 0 Å². The third-order valence-electron chi connectivity index (χ3n) is 1.91. The predicted octanol–water partition coefficient (Wildman–Crippen LogP) is 0.477. The van der Waals surface area contributed by atoms with Crippen molar-refractivity contribution in [2.45, 2.75) is 12.2 Å². The van der Waals surface area contributed by atoms with Crippen LogP contribution >= 0.6 is 11.8 Å². The Morgan fingerprint density at radius 3 is 2.76 bits per heavy atom. The lowest BCUT2D eigenvalue weighted by Gasteiger charge is -2.05. The van der Waals surface area contributed by atoms with Crippen LogP contribution in [0.1, 0.15) is 17.4 Å². The van der Waals surface area contributed by atoms with Crippen LogP contribution in [0.25, 0.3) is 0 Å². The quantitative estimate of drug-likeness (QED) is 0.711. The maximum Gasteiger partial charge on any atom is 0.316 e. The van der Waals surface area contributed by atoms with Gasteiger partial charge in [0.2, 0.25) is 5.91 Å². The lowest BCUT2D eigenvalue weighted by atomic mass is 10.4. The summed E-state index contributed by atoms with van der Waals surface area (Å²) in [4.78, 5) is 35.9. The van der Waals surface area contributed by atoms with Crippen LogP contribution in [0.5, 0.6) is 0 Å². The Morgan fingerprint density at radius 2 is 2.24 bits per heavy atom. The number of imide groups is 1. The molecule has 1 aromatic rings. The fraction of sp³-hybridized carbons (Fsp3) is 0.300. The van der Waals surface area contributed by atoms with E-state index in [9.17, 15) is 14.4 Å². The molecule has 0 saturated carbocycles. The average molecular weight is 256 g/mol. The van der Waals surface area contributed by atoms with Crippen molar-refractivity contribution in [2.24, 2.45) is 0 Å². The number of H-pyrrole nitrogens is 1. The number of carbonyl (C=O) groups excluding carboxylic acids is 2. The van der Waals surface area contributed by atoms with Crippen LogP contribution < -0.4 is 5.32 Å². The van der Waals surface area contributed by atoms with Gasteiger partial charge in [-0.25, -0.2) is 0 Å². The maximum atomic E-state index is 11.4. The number of carbonyl (C=O) groups is 3. The van der Waals surface area contributed by atoms with E-state index in [1.165, 1.54) is 13.0 Å². The molecule has 1 aromatic heterocycles. The molecule has 7 heteroatoms. The second-order valence-corrected chi connectivity index (χ2v) is 4.58. The van der Waals surface area contributed by atoms with Crippen molar-refractivity contribution in [2.75, 3.05) is 5.75 Å². The van der Waals surface area contributed by atoms with E-state index >= 15 is 0 Å². The Morgan fingerprint density at radius 1 is 1.53 bits per heavy atom. The van der Waals surface area contributed by atoms with E-state index in [1.807, 2.05) is 0 Å². The topological polar surface area (TPSA) is 99.3 Å². The molecule has 6 nitrogen and oxygen atoms in total. The summed E-state index contributed by atoms with van der Waals surface area (Å²) < 4.78 is 0. The Balaban J connectivity index is 2.35. The molecule has 1 rings (SSSR count). The van der Waals surface area contributed by atoms with Crippen LogP contribution in [0.3, 0.4) is 0 Å². The first-order chi connectivity index (χ1) is 8.00. The first kappa shape index (κ1) is 13.3.